The van der Waals surface area contributed by atoms with Crippen LogP contribution in [0.4, 0.5) is 10.1 Å². The van der Waals surface area contributed by atoms with E-state index in [1.54, 1.807) is 18.3 Å². The Morgan fingerprint density at radius 2 is 2.16 bits per heavy atom. The largest absolute Gasteiger partial charge is 0.339 e. The number of benzene rings is 1. The minimum atomic E-state index is -0.502. The molecule has 1 atom stereocenters. The van der Waals surface area contributed by atoms with Crippen LogP contribution < -0.4 is 4.90 Å². The number of amides is 1. The first-order chi connectivity index (χ1) is 12.1. The van der Waals surface area contributed by atoms with Crippen LogP contribution >= 0.6 is 11.6 Å². The van der Waals surface area contributed by atoms with E-state index in [-0.39, 0.29) is 30.5 Å². The fourth-order valence-corrected chi connectivity index (χ4v) is 2.96. The molecule has 1 aliphatic heterocycles. The van der Waals surface area contributed by atoms with E-state index < -0.39 is 5.82 Å². The van der Waals surface area contributed by atoms with Crippen LogP contribution in [0.15, 0.2) is 47.1 Å². The molecule has 8 heteroatoms. The number of carbonyl (C=O) groups is 1. The number of nitrogens with zero attached hydrogens (tertiary/aromatic N) is 4. The van der Waals surface area contributed by atoms with Crippen molar-refractivity contribution in [3.63, 3.8) is 0 Å². The van der Waals surface area contributed by atoms with Crippen LogP contribution in [0, 0.1) is 5.82 Å². The zero-order chi connectivity index (χ0) is 17.4. The Balaban J connectivity index is 1.59. The van der Waals surface area contributed by atoms with Crippen LogP contribution in [0.25, 0.3) is 11.5 Å². The standard InChI is InChI=1S/C17H12ClFN4O2/c18-11-4-5-12(19)14(8-11)23-9-10(7-15(23)24)17-21-16(22-25-17)13-3-1-2-6-20-13/h1-6,8,10H,7,9H2. The van der Waals surface area contributed by atoms with Gasteiger partial charge in [-0.2, -0.15) is 4.98 Å². The summed E-state index contributed by atoms with van der Waals surface area (Å²) in [6.07, 6.45) is 1.80. The third-order valence-electron chi connectivity index (χ3n) is 4.01. The summed E-state index contributed by atoms with van der Waals surface area (Å²) in [6, 6.07) is 9.49. The van der Waals surface area contributed by atoms with Gasteiger partial charge in [-0.1, -0.05) is 22.8 Å². The molecule has 0 radical (unpaired) electrons. The molecule has 1 aliphatic rings. The van der Waals surface area contributed by atoms with E-state index in [4.69, 9.17) is 16.1 Å². The number of aromatic nitrogens is 3. The van der Waals surface area contributed by atoms with Gasteiger partial charge in [0.15, 0.2) is 0 Å². The molecule has 6 nitrogen and oxygen atoms in total. The third-order valence-corrected chi connectivity index (χ3v) is 4.24. The number of hydrogen-bond acceptors (Lipinski definition) is 5. The fourth-order valence-electron chi connectivity index (χ4n) is 2.80. The van der Waals surface area contributed by atoms with Crippen LogP contribution in [-0.2, 0) is 4.79 Å². The van der Waals surface area contributed by atoms with Crippen molar-refractivity contribution < 1.29 is 13.7 Å². The number of anilines is 1. The number of rotatable bonds is 3. The summed E-state index contributed by atoms with van der Waals surface area (Å²) in [4.78, 5) is 22.2. The quantitative estimate of drug-likeness (QED) is 0.717. The van der Waals surface area contributed by atoms with Crippen LogP contribution in [0.2, 0.25) is 5.02 Å². The number of pyridine rings is 1. The second kappa shape index (κ2) is 6.25. The smallest absolute Gasteiger partial charge is 0.232 e. The molecule has 1 amide bonds. The van der Waals surface area contributed by atoms with E-state index in [9.17, 15) is 9.18 Å². The molecular weight excluding hydrogens is 347 g/mol. The summed E-state index contributed by atoms with van der Waals surface area (Å²) >= 11 is 5.92. The van der Waals surface area contributed by atoms with Gasteiger partial charge in [0, 0.05) is 24.2 Å². The molecule has 1 unspecified atom stereocenters. The van der Waals surface area contributed by atoms with E-state index in [0.717, 1.165) is 0 Å². The average Bonchev–Trinajstić information content (AvgIpc) is 3.25. The predicted molar refractivity (Wildman–Crippen MR) is 88.7 cm³/mol. The summed E-state index contributed by atoms with van der Waals surface area (Å²) in [5.74, 6) is -0.341. The van der Waals surface area contributed by atoms with E-state index >= 15 is 0 Å². The second-order valence-electron chi connectivity index (χ2n) is 5.67. The highest BCUT2D eigenvalue weighted by molar-refractivity contribution is 6.31. The molecule has 0 aliphatic carbocycles. The maximum atomic E-state index is 14.0. The van der Waals surface area contributed by atoms with Crippen molar-refractivity contribution in [2.75, 3.05) is 11.4 Å². The van der Waals surface area contributed by atoms with Gasteiger partial charge in [-0.15, -0.1) is 0 Å². The van der Waals surface area contributed by atoms with Gasteiger partial charge in [-0.05, 0) is 30.3 Å². The van der Waals surface area contributed by atoms with Crippen LogP contribution in [-0.4, -0.2) is 27.6 Å². The van der Waals surface area contributed by atoms with E-state index in [1.165, 1.54) is 23.1 Å². The lowest BCUT2D eigenvalue weighted by Crippen LogP contribution is -2.25. The monoisotopic (exact) mass is 358 g/mol. The molecule has 3 heterocycles. The number of halogens is 2. The van der Waals surface area contributed by atoms with Gasteiger partial charge in [-0.25, -0.2) is 4.39 Å². The molecule has 0 bridgehead atoms. The topological polar surface area (TPSA) is 72.1 Å². The van der Waals surface area contributed by atoms with E-state index in [1.807, 2.05) is 6.07 Å². The maximum Gasteiger partial charge on any atom is 0.232 e. The molecule has 0 spiro atoms. The Hall–Kier alpha value is -2.80. The van der Waals surface area contributed by atoms with Gasteiger partial charge in [0.05, 0.1) is 11.6 Å². The van der Waals surface area contributed by atoms with Crippen molar-refractivity contribution in [2.45, 2.75) is 12.3 Å². The van der Waals surface area contributed by atoms with Crippen LogP contribution in [0.3, 0.4) is 0 Å². The SMILES string of the molecule is O=C1CC(c2nc(-c3ccccn3)no2)CN1c1cc(Cl)ccc1F. The molecule has 1 aromatic carbocycles. The highest BCUT2D eigenvalue weighted by atomic mass is 35.5. The first-order valence-corrected chi connectivity index (χ1v) is 8.00. The Kier molecular flexibility index (Phi) is 3.93. The highest BCUT2D eigenvalue weighted by Gasteiger charge is 2.36. The molecule has 0 N–H and O–H groups in total. The highest BCUT2D eigenvalue weighted by Crippen LogP contribution is 2.34. The Morgan fingerprint density at radius 1 is 1.28 bits per heavy atom. The zero-order valence-corrected chi connectivity index (χ0v) is 13.7. The zero-order valence-electron chi connectivity index (χ0n) is 12.9. The van der Waals surface area contributed by atoms with Crippen molar-refractivity contribution in [2.24, 2.45) is 0 Å². The first-order valence-electron chi connectivity index (χ1n) is 7.62. The predicted octanol–water partition coefficient (Wildman–Crippen LogP) is 3.44. The molecule has 2 aromatic heterocycles. The second-order valence-corrected chi connectivity index (χ2v) is 6.11. The molecule has 3 aromatic rings. The van der Waals surface area contributed by atoms with Crippen molar-refractivity contribution in [1.82, 2.24) is 15.1 Å². The van der Waals surface area contributed by atoms with Gasteiger partial charge >= 0.3 is 0 Å². The lowest BCUT2D eigenvalue weighted by atomic mass is 10.1. The van der Waals surface area contributed by atoms with E-state index in [0.29, 0.717) is 22.4 Å². The number of hydrogen-bond donors (Lipinski definition) is 0. The van der Waals surface area contributed by atoms with Crippen molar-refractivity contribution in [3.05, 3.63) is 59.3 Å². The van der Waals surface area contributed by atoms with Crippen molar-refractivity contribution in [3.8, 4) is 11.5 Å². The minimum Gasteiger partial charge on any atom is -0.339 e. The van der Waals surface area contributed by atoms with Gasteiger partial charge in [0.1, 0.15) is 11.5 Å². The molecular formula is C17H12ClFN4O2. The van der Waals surface area contributed by atoms with Gasteiger partial charge in [0.25, 0.3) is 0 Å². The summed E-state index contributed by atoms with van der Waals surface area (Å²) in [5.41, 5.74) is 0.740. The van der Waals surface area contributed by atoms with E-state index in [2.05, 4.69) is 15.1 Å². The molecule has 1 saturated heterocycles. The molecule has 0 saturated carbocycles. The minimum absolute atomic E-state index is 0.157. The Bertz CT molecular complexity index is 931. The summed E-state index contributed by atoms with van der Waals surface area (Å²) < 4.78 is 19.3. The first kappa shape index (κ1) is 15.7. The average molecular weight is 359 g/mol. The lowest BCUT2D eigenvalue weighted by molar-refractivity contribution is -0.117. The molecule has 126 valence electrons. The van der Waals surface area contributed by atoms with Crippen molar-refractivity contribution >= 4 is 23.2 Å². The molecule has 25 heavy (non-hydrogen) atoms. The maximum absolute atomic E-state index is 14.0. The lowest BCUT2D eigenvalue weighted by Gasteiger charge is -2.17. The van der Waals surface area contributed by atoms with Gasteiger partial charge < -0.3 is 9.42 Å². The van der Waals surface area contributed by atoms with Gasteiger partial charge in [0.2, 0.25) is 17.6 Å². The Labute approximate surface area is 147 Å². The third kappa shape index (κ3) is 2.98. The normalized spacial score (nSPS) is 17.3. The summed E-state index contributed by atoms with van der Waals surface area (Å²) in [7, 11) is 0. The van der Waals surface area contributed by atoms with Gasteiger partial charge in [-0.3, -0.25) is 9.78 Å². The number of carbonyl (C=O) groups excluding carboxylic acids is 1. The fraction of sp³-hybridized carbons (Fsp3) is 0.176. The summed E-state index contributed by atoms with van der Waals surface area (Å²) in [6.45, 7) is 0.250. The summed E-state index contributed by atoms with van der Waals surface area (Å²) in [5, 5.41) is 4.28. The van der Waals surface area contributed by atoms with Crippen molar-refractivity contribution in [1.29, 1.82) is 0 Å². The molecule has 1 fully saturated rings. The van der Waals surface area contributed by atoms with Crippen LogP contribution in [0.1, 0.15) is 18.2 Å². The van der Waals surface area contributed by atoms with Crippen LogP contribution in [0.5, 0.6) is 0 Å². The Morgan fingerprint density at radius 3 is 2.96 bits per heavy atom. The molecule has 4 rings (SSSR count).